The first-order chi connectivity index (χ1) is 23.0. The lowest BCUT2D eigenvalue weighted by Gasteiger charge is -2.28. The van der Waals surface area contributed by atoms with E-state index in [2.05, 4.69) is 159 Å². The molecule has 47 heavy (non-hydrogen) atoms. The number of rotatable bonds is 2. The van der Waals surface area contributed by atoms with Crippen molar-refractivity contribution in [3.63, 3.8) is 0 Å². The third-order valence-electron chi connectivity index (χ3n) is 10.3. The van der Waals surface area contributed by atoms with Gasteiger partial charge in [0.2, 0.25) is 0 Å². The molecule has 10 rings (SSSR count). The summed E-state index contributed by atoms with van der Waals surface area (Å²) in [5.41, 5.74) is 10.5. The van der Waals surface area contributed by atoms with E-state index in [0.29, 0.717) is 0 Å². The fourth-order valence-corrected chi connectivity index (χ4v) is 10.6. The summed E-state index contributed by atoms with van der Waals surface area (Å²) in [7, 11) is 0. The van der Waals surface area contributed by atoms with Gasteiger partial charge in [0.1, 0.15) is 0 Å². The van der Waals surface area contributed by atoms with Gasteiger partial charge in [-0.05, 0) is 113 Å². The Balaban J connectivity index is 1.07. The molecule has 2 aliphatic rings. The highest BCUT2D eigenvalue weighted by Crippen LogP contribution is 2.58. The molecule has 0 radical (unpaired) electrons. The van der Waals surface area contributed by atoms with E-state index >= 15 is 0 Å². The van der Waals surface area contributed by atoms with Crippen LogP contribution in [0.2, 0.25) is 0 Å². The molecule has 8 aromatic carbocycles. The molecule has 1 heterocycles. The molecule has 0 nitrogen and oxygen atoms in total. The average molecular weight is 635 g/mol. The van der Waals surface area contributed by atoms with Crippen LogP contribution in [-0.2, 0) is 5.41 Å². The predicted molar refractivity (Wildman–Crippen MR) is 202 cm³/mol. The van der Waals surface area contributed by atoms with Crippen molar-refractivity contribution in [2.45, 2.75) is 38.8 Å². The van der Waals surface area contributed by atoms with Gasteiger partial charge in [0.25, 0.3) is 0 Å². The Morgan fingerprint density at radius 1 is 0.383 bits per heavy atom. The smallest absolute Gasteiger partial charge is 0.0309 e. The zero-order valence-electron chi connectivity index (χ0n) is 26.2. The molecule has 222 valence electrons. The van der Waals surface area contributed by atoms with Crippen LogP contribution in [0.15, 0.2) is 165 Å². The van der Waals surface area contributed by atoms with Crippen LogP contribution in [0.1, 0.15) is 25.0 Å². The molecule has 1 aliphatic heterocycles. The van der Waals surface area contributed by atoms with Gasteiger partial charge in [-0.2, -0.15) is 0 Å². The first-order valence-corrected chi connectivity index (χ1v) is 17.9. The maximum Gasteiger partial charge on any atom is 0.0309 e. The van der Waals surface area contributed by atoms with E-state index in [1.807, 2.05) is 23.5 Å². The van der Waals surface area contributed by atoms with Crippen LogP contribution in [-0.4, -0.2) is 0 Å². The molecule has 8 aromatic rings. The Kier molecular flexibility index (Phi) is 5.89. The molecule has 0 aromatic heterocycles. The Bertz CT molecular complexity index is 2570. The summed E-state index contributed by atoms with van der Waals surface area (Å²) in [6.07, 6.45) is 0. The number of hydrogen-bond donors (Lipinski definition) is 0. The molecule has 0 amide bonds. The monoisotopic (exact) mass is 634 g/mol. The molecule has 0 bridgehead atoms. The molecular weight excluding hydrogens is 605 g/mol. The van der Waals surface area contributed by atoms with Crippen LogP contribution in [0.4, 0.5) is 0 Å². The molecule has 0 unspecified atom stereocenters. The SMILES string of the molecule is CC1(C)c2cc(-c3cccc(-c4ccc5c6ccccc6c6ccccc6c5c4)c3)ccc2-c2ccc3c(c21)Sc1ccccc1S3. The standard InChI is InChI=1S/C45H30S2/c1-45(2)39-26-30(19-21-36(39)37-22-23-42-44(43(37)45)47-41-17-8-7-16-40(41)46-42)28-11-9-10-27(24-28)29-18-20-35-33-14-4-3-12-31(33)32-13-5-6-15-34(32)38(35)25-29/h3-26H,1-2H3. The summed E-state index contributed by atoms with van der Waals surface area (Å²) in [4.78, 5) is 5.51. The van der Waals surface area contributed by atoms with E-state index in [9.17, 15) is 0 Å². The van der Waals surface area contributed by atoms with Crippen molar-refractivity contribution in [1.29, 1.82) is 0 Å². The normalized spacial score (nSPS) is 14.2. The second-order valence-electron chi connectivity index (χ2n) is 13.3. The maximum absolute atomic E-state index is 2.45. The van der Waals surface area contributed by atoms with Crippen LogP contribution >= 0.6 is 23.5 Å². The molecule has 1 aliphatic carbocycles. The highest BCUT2D eigenvalue weighted by molar-refractivity contribution is 8.05. The van der Waals surface area contributed by atoms with Gasteiger partial charge in [0.05, 0.1) is 0 Å². The van der Waals surface area contributed by atoms with Gasteiger partial charge in [0.15, 0.2) is 0 Å². The first-order valence-electron chi connectivity index (χ1n) is 16.3. The van der Waals surface area contributed by atoms with Crippen LogP contribution in [0.5, 0.6) is 0 Å². The van der Waals surface area contributed by atoms with Gasteiger partial charge >= 0.3 is 0 Å². The summed E-state index contributed by atoms with van der Waals surface area (Å²) in [6.45, 7) is 4.82. The number of hydrogen-bond acceptors (Lipinski definition) is 2. The van der Waals surface area contributed by atoms with Crippen LogP contribution < -0.4 is 0 Å². The van der Waals surface area contributed by atoms with E-state index in [4.69, 9.17) is 0 Å². The molecule has 0 fully saturated rings. The third kappa shape index (κ3) is 4.05. The highest BCUT2D eigenvalue weighted by atomic mass is 32.2. The summed E-state index contributed by atoms with van der Waals surface area (Å²) >= 11 is 3.85. The summed E-state index contributed by atoms with van der Waals surface area (Å²) in [5.74, 6) is 0. The maximum atomic E-state index is 2.45. The van der Waals surface area contributed by atoms with Crippen molar-refractivity contribution in [1.82, 2.24) is 0 Å². The van der Waals surface area contributed by atoms with Gasteiger partial charge in [-0.25, -0.2) is 0 Å². The van der Waals surface area contributed by atoms with Crippen molar-refractivity contribution in [2.24, 2.45) is 0 Å². The van der Waals surface area contributed by atoms with Crippen molar-refractivity contribution in [2.75, 3.05) is 0 Å². The highest BCUT2D eigenvalue weighted by Gasteiger charge is 2.39. The quantitative estimate of drug-likeness (QED) is 0.174. The van der Waals surface area contributed by atoms with E-state index in [1.54, 1.807) is 0 Å². The second kappa shape index (κ2) is 10.1. The van der Waals surface area contributed by atoms with E-state index in [1.165, 1.54) is 96.4 Å². The van der Waals surface area contributed by atoms with Gasteiger partial charge in [-0.15, -0.1) is 0 Å². The van der Waals surface area contributed by atoms with Crippen LogP contribution in [0.3, 0.4) is 0 Å². The Morgan fingerprint density at radius 3 is 1.62 bits per heavy atom. The van der Waals surface area contributed by atoms with E-state index < -0.39 is 0 Å². The zero-order chi connectivity index (χ0) is 31.3. The van der Waals surface area contributed by atoms with Gasteiger partial charge in [-0.3, -0.25) is 0 Å². The van der Waals surface area contributed by atoms with Crippen molar-refractivity contribution >= 4 is 55.8 Å². The van der Waals surface area contributed by atoms with Crippen molar-refractivity contribution in [3.8, 4) is 33.4 Å². The molecule has 0 atom stereocenters. The minimum Gasteiger partial charge on any atom is -0.0877 e. The second-order valence-corrected chi connectivity index (χ2v) is 15.4. The largest absolute Gasteiger partial charge is 0.0877 e. The fourth-order valence-electron chi connectivity index (χ4n) is 8.01. The van der Waals surface area contributed by atoms with Crippen LogP contribution in [0, 0.1) is 0 Å². The minimum absolute atomic E-state index is 0.0916. The summed E-state index contributed by atoms with van der Waals surface area (Å²) in [5, 5.41) is 7.86. The van der Waals surface area contributed by atoms with Gasteiger partial charge in [-0.1, -0.05) is 147 Å². The molecule has 0 saturated carbocycles. The third-order valence-corrected chi connectivity index (χ3v) is 12.9. The first kappa shape index (κ1) is 27.4. The van der Waals surface area contributed by atoms with Crippen molar-refractivity contribution in [3.05, 3.63) is 157 Å². The van der Waals surface area contributed by atoms with Crippen LogP contribution in [0.25, 0.3) is 65.7 Å². The number of benzene rings is 8. The molecule has 0 spiro atoms. The lowest BCUT2D eigenvalue weighted by atomic mass is 9.81. The zero-order valence-corrected chi connectivity index (χ0v) is 27.8. The average Bonchev–Trinajstić information content (AvgIpc) is 3.36. The Hall–Kier alpha value is -4.76. The summed E-state index contributed by atoms with van der Waals surface area (Å²) in [6, 6.07) is 54.3. The molecular formula is C45H30S2. The van der Waals surface area contributed by atoms with E-state index in [0.717, 1.165) is 0 Å². The minimum atomic E-state index is -0.0916. The van der Waals surface area contributed by atoms with Crippen molar-refractivity contribution < 1.29 is 0 Å². The Labute approximate surface area is 283 Å². The predicted octanol–water partition coefficient (Wildman–Crippen LogP) is 13.4. The number of fused-ring (bicyclic) bond motifs is 12. The fraction of sp³-hybridized carbons (Fsp3) is 0.0667. The van der Waals surface area contributed by atoms with Gasteiger partial charge in [0, 0.05) is 25.0 Å². The van der Waals surface area contributed by atoms with E-state index in [-0.39, 0.29) is 5.41 Å². The Morgan fingerprint density at radius 2 is 0.915 bits per heavy atom. The lowest BCUT2D eigenvalue weighted by molar-refractivity contribution is 0.642. The topological polar surface area (TPSA) is 0 Å². The molecule has 0 N–H and O–H groups in total. The molecule has 0 saturated heterocycles. The van der Waals surface area contributed by atoms with Gasteiger partial charge < -0.3 is 0 Å². The molecule has 2 heteroatoms. The summed E-state index contributed by atoms with van der Waals surface area (Å²) < 4.78 is 0. The lowest BCUT2D eigenvalue weighted by Crippen LogP contribution is -2.17.